The summed E-state index contributed by atoms with van der Waals surface area (Å²) in [6.45, 7) is 5.21. The Morgan fingerprint density at radius 2 is 1.64 bits per heavy atom. The zero-order valence-corrected chi connectivity index (χ0v) is 13.8. The standard InChI is InChI=1S/C16H28N2O4/c1-16(2,3)15(22)17-10-13(19)18-12-9-7-5-4-6-8-11(12)14(20)21/h11-12H,4-10H2,1-3H3,(H,17,22)(H,18,19)(H,20,21). The molecule has 1 aliphatic carbocycles. The fraction of sp³-hybridized carbons (Fsp3) is 0.812. The summed E-state index contributed by atoms with van der Waals surface area (Å²) in [5, 5.41) is 14.7. The van der Waals surface area contributed by atoms with Crippen LogP contribution in [0.5, 0.6) is 0 Å². The monoisotopic (exact) mass is 312 g/mol. The molecule has 0 aromatic heterocycles. The molecule has 0 heterocycles. The van der Waals surface area contributed by atoms with Gasteiger partial charge in [-0.25, -0.2) is 0 Å². The third-order valence-electron chi connectivity index (χ3n) is 4.02. The van der Waals surface area contributed by atoms with Crippen molar-refractivity contribution in [1.29, 1.82) is 0 Å². The van der Waals surface area contributed by atoms with E-state index in [-0.39, 0.29) is 24.4 Å². The summed E-state index contributed by atoms with van der Waals surface area (Å²) in [4.78, 5) is 35.1. The van der Waals surface area contributed by atoms with Crippen LogP contribution in [0.3, 0.4) is 0 Å². The second-order valence-corrected chi connectivity index (χ2v) is 7.04. The van der Waals surface area contributed by atoms with Crippen LogP contribution < -0.4 is 10.6 Å². The lowest BCUT2D eigenvalue weighted by Crippen LogP contribution is -2.48. The molecule has 3 N–H and O–H groups in total. The number of rotatable bonds is 4. The fourth-order valence-electron chi connectivity index (χ4n) is 2.64. The molecule has 22 heavy (non-hydrogen) atoms. The SMILES string of the molecule is CC(C)(C)C(=O)NCC(=O)NC1CCCCCCC1C(=O)O. The van der Waals surface area contributed by atoms with Crippen LogP contribution in [0.1, 0.15) is 59.3 Å². The van der Waals surface area contributed by atoms with E-state index in [1.54, 1.807) is 20.8 Å². The van der Waals surface area contributed by atoms with Gasteiger partial charge in [-0.05, 0) is 12.8 Å². The molecule has 0 bridgehead atoms. The van der Waals surface area contributed by atoms with Gasteiger partial charge in [-0.2, -0.15) is 0 Å². The highest BCUT2D eigenvalue weighted by molar-refractivity contribution is 5.87. The number of carbonyl (C=O) groups excluding carboxylic acids is 2. The van der Waals surface area contributed by atoms with Gasteiger partial charge in [0.2, 0.25) is 11.8 Å². The van der Waals surface area contributed by atoms with Crippen LogP contribution in [0, 0.1) is 11.3 Å². The number of carbonyl (C=O) groups is 3. The van der Waals surface area contributed by atoms with E-state index in [1.807, 2.05) is 0 Å². The van der Waals surface area contributed by atoms with E-state index < -0.39 is 17.3 Å². The van der Waals surface area contributed by atoms with E-state index >= 15 is 0 Å². The molecule has 2 unspecified atom stereocenters. The molecule has 2 amide bonds. The second kappa shape index (κ2) is 8.15. The zero-order valence-electron chi connectivity index (χ0n) is 13.8. The van der Waals surface area contributed by atoms with Crippen LogP contribution in [0.4, 0.5) is 0 Å². The minimum atomic E-state index is -0.856. The Morgan fingerprint density at radius 1 is 1.05 bits per heavy atom. The van der Waals surface area contributed by atoms with E-state index in [2.05, 4.69) is 10.6 Å². The van der Waals surface area contributed by atoms with Gasteiger partial charge >= 0.3 is 5.97 Å². The first kappa shape index (κ1) is 18.5. The van der Waals surface area contributed by atoms with Crippen molar-refractivity contribution in [2.45, 2.75) is 65.3 Å². The average molecular weight is 312 g/mol. The molecular weight excluding hydrogens is 284 g/mol. The molecule has 6 heteroatoms. The summed E-state index contributed by atoms with van der Waals surface area (Å²) in [5.74, 6) is -1.92. The third kappa shape index (κ3) is 6.03. The summed E-state index contributed by atoms with van der Waals surface area (Å²) < 4.78 is 0. The van der Waals surface area contributed by atoms with Crippen LogP contribution in [-0.2, 0) is 14.4 Å². The van der Waals surface area contributed by atoms with Gasteiger partial charge in [-0.15, -0.1) is 0 Å². The van der Waals surface area contributed by atoms with Crippen LogP contribution in [0.15, 0.2) is 0 Å². The number of aliphatic carboxylic acids is 1. The molecule has 0 aromatic rings. The van der Waals surface area contributed by atoms with Gasteiger partial charge in [0.1, 0.15) is 0 Å². The van der Waals surface area contributed by atoms with Crippen molar-refractivity contribution in [3.8, 4) is 0 Å². The molecule has 6 nitrogen and oxygen atoms in total. The van der Waals surface area contributed by atoms with Crippen LogP contribution in [0.2, 0.25) is 0 Å². The summed E-state index contributed by atoms with van der Waals surface area (Å²) in [6.07, 6.45) is 5.18. The number of hydrogen-bond donors (Lipinski definition) is 3. The van der Waals surface area contributed by atoms with Crippen LogP contribution in [0.25, 0.3) is 0 Å². The first-order chi connectivity index (χ1) is 10.2. The zero-order chi connectivity index (χ0) is 16.8. The molecule has 2 atom stereocenters. The summed E-state index contributed by atoms with van der Waals surface area (Å²) in [7, 11) is 0. The molecule has 0 saturated heterocycles. The minimum Gasteiger partial charge on any atom is -0.481 e. The second-order valence-electron chi connectivity index (χ2n) is 7.04. The van der Waals surface area contributed by atoms with E-state index in [1.165, 1.54) is 0 Å². The Kier molecular flexibility index (Phi) is 6.84. The molecule has 1 fully saturated rings. The predicted octanol–water partition coefficient (Wildman–Crippen LogP) is 1.69. The summed E-state index contributed by atoms with van der Waals surface area (Å²) >= 11 is 0. The van der Waals surface area contributed by atoms with Crippen LogP contribution in [-0.4, -0.2) is 35.5 Å². The molecule has 0 radical (unpaired) electrons. The van der Waals surface area contributed by atoms with Crippen molar-refractivity contribution in [3.63, 3.8) is 0 Å². The maximum absolute atomic E-state index is 12.0. The van der Waals surface area contributed by atoms with Crippen molar-refractivity contribution in [1.82, 2.24) is 10.6 Å². The van der Waals surface area contributed by atoms with E-state index in [0.717, 1.165) is 25.7 Å². The normalized spacial score (nSPS) is 23.0. The first-order valence-corrected chi connectivity index (χ1v) is 8.02. The molecule has 0 aliphatic heterocycles. The molecular formula is C16H28N2O4. The Bertz CT molecular complexity index is 415. The maximum Gasteiger partial charge on any atom is 0.308 e. The fourth-order valence-corrected chi connectivity index (χ4v) is 2.64. The van der Waals surface area contributed by atoms with E-state index in [0.29, 0.717) is 12.8 Å². The van der Waals surface area contributed by atoms with Crippen molar-refractivity contribution in [3.05, 3.63) is 0 Å². The van der Waals surface area contributed by atoms with Crippen molar-refractivity contribution in [2.75, 3.05) is 6.54 Å². The number of carboxylic acids is 1. The lowest BCUT2D eigenvalue weighted by Gasteiger charge is -2.27. The third-order valence-corrected chi connectivity index (χ3v) is 4.02. The van der Waals surface area contributed by atoms with Gasteiger partial charge in [0.25, 0.3) is 0 Å². The maximum atomic E-state index is 12.0. The van der Waals surface area contributed by atoms with Crippen molar-refractivity contribution >= 4 is 17.8 Å². The number of carboxylic acid groups (broad SMARTS) is 1. The Hall–Kier alpha value is -1.59. The first-order valence-electron chi connectivity index (χ1n) is 8.02. The van der Waals surface area contributed by atoms with Gasteiger partial charge in [0.05, 0.1) is 12.5 Å². The highest BCUT2D eigenvalue weighted by Gasteiger charge is 2.30. The molecule has 126 valence electrons. The lowest BCUT2D eigenvalue weighted by molar-refractivity contribution is -0.143. The quantitative estimate of drug-likeness (QED) is 0.736. The predicted molar refractivity (Wildman–Crippen MR) is 83.2 cm³/mol. The van der Waals surface area contributed by atoms with Gasteiger partial charge < -0.3 is 15.7 Å². The Labute approximate surface area is 132 Å². The van der Waals surface area contributed by atoms with Crippen molar-refractivity contribution < 1.29 is 19.5 Å². The van der Waals surface area contributed by atoms with E-state index in [9.17, 15) is 19.5 Å². The highest BCUT2D eigenvalue weighted by Crippen LogP contribution is 2.23. The van der Waals surface area contributed by atoms with Gasteiger partial charge in [-0.1, -0.05) is 46.5 Å². The van der Waals surface area contributed by atoms with Gasteiger partial charge in [0.15, 0.2) is 0 Å². The molecule has 1 aliphatic rings. The number of amides is 2. The number of nitrogens with one attached hydrogen (secondary N) is 2. The van der Waals surface area contributed by atoms with E-state index in [4.69, 9.17) is 0 Å². The average Bonchev–Trinajstić information content (AvgIpc) is 2.37. The van der Waals surface area contributed by atoms with Gasteiger partial charge in [0, 0.05) is 11.5 Å². The smallest absolute Gasteiger partial charge is 0.308 e. The molecule has 0 spiro atoms. The number of hydrogen-bond acceptors (Lipinski definition) is 3. The van der Waals surface area contributed by atoms with Crippen molar-refractivity contribution in [2.24, 2.45) is 11.3 Å². The molecule has 1 rings (SSSR count). The molecule has 1 saturated carbocycles. The summed E-state index contributed by atoms with van der Waals surface area (Å²) in [5.41, 5.74) is -0.551. The topological polar surface area (TPSA) is 95.5 Å². The Morgan fingerprint density at radius 3 is 2.18 bits per heavy atom. The lowest BCUT2D eigenvalue weighted by atomic mass is 9.87. The largest absolute Gasteiger partial charge is 0.481 e. The minimum absolute atomic E-state index is 0.112. The Balaban J connectivity index is 2.55. The molecule has 0 aromatic carbocycles. The summed E-state index contributed by atoms with van der Waals surface area (Å²) in [6, 6.07) is -0.350. The van der Waals surface area contributed by atoms with Gasteiger partial charge in [-0.3, -0.25) is 14.4 Å². The highest BCUT2D eigenvalue weighted by atomic mass is 16.4. The van der Waals surface area contributed by atoms with Crippen LogP contribution >= 0.6 is 0 Å².